The fraction of sp³-hybridized carbons (Fsp3) is 0.364. The van der Waals surface area contributed by atoms with Gasteiger partial charge in [-0.3, -0.25) is 29.5 Å². The summed E-state index contributed by atoms with van der Waals surface area (Å²) in [5.74, 6) is -0.328. The van der Waals surface area contributed by atoms with Crippen LogP contribution in [0.3, 0.4) is 0 Å². The van der Waals surface area contributed by atoms with Crippen LogP contribution in [0.4, 0.5) is 0 Å². The van der Waals surface area contributed by atoms with Gasteiger partial charge >= 0.3 is 20.2 Å². The summed E-state index contributed by atoms with van der Waals surface area (Å²) < 4.78 is 127. The number of piperidine rings is 2. The molecule has 8 aromatic rings. The number of amides is 2. The summed E-state index contributed by atoms with van der Waals surface area (Å²) >= 11 is 25.3. The van der Waals surface area contributed by atoms with Crippen molar-refractivity contribution in [2.45, 2.75) is 117 Å². The Morgan fingerprint density at radius 1 is 0.490 bits per heavy atom. The fourth-order valence-electron chi connectivity index (χ4n) is 10.4. The van der Waals surface area contributed by atoms with E-state index in [1.807, 2.05) is 65.4 Å². The smallest absolute Gasteiger partial charge is 0.309 e. The van der Waals surface area contributed by atoms with Gasteiger partial charge < -0.3 is 8.37 Å². The van der Waals surface area contributed by atoms with Crippen molar-refractivity contribution in [3.8, 4) is 45.4 Å². The minimum absolute atomic E-state index is 0.0233. The van der Waals surface area contributed by atoms with Crippen LogP contribution < -0.4 is 19.2 Å². The lowest BCUT2D eigenvalue weighted by molar-refractivity contribution is 0.0736. The molecule has 0 aliphatic carbocycles. The Labute approximate surface area is 580 Å². The van der Waals surface area contributed by atoms with E-state index in [4.69, 9.17) is 63.9 Å². The Balaban J connectivity index is 0.000000197. The van der Waals surface area contributed by atoms with Gasteiger partial charge in [0.15, 0.2) is 11.4 Å². The molecule has 96 heavy (non-hydrogen) atoms. The van der Waals surface area contributed by atoms with Crippen LogP contribution in [0.5, 0.6) is 11.5 Å². The molecule has 4 N–H and O–H groups in total. The molecule has 0 saturated carbocycles. The van der Waals surface area contributed by atoms with Gasteiger partial charge in [0.1, 0.15) is 21.3 Å². The zero-order valence-electron chi connectivity index (χ0n) is 54.1. The summed E-state index contributed by atoms with van der Waals surface area (Å²) in [6.07, 6.45) is 7.37. The number of aromatic nitrogens is 4. The van der Waals surface area contributed by atoms with E-state index in [2.05, 4.69) is 21.0 Å². The predicted molar refractivity (Wildman–Crippen MR) is 374 cm³/mol. The van der Waals surface area contributed by atoms with Crippen molar-refractivity contribution in [3.05, 3.63) is 164 Å². The lowest BCUT2D eigenvalue weighted by atomic mass is 9.94. The van der Waals surface area contributed by atoms with E-state index in [1.165, 1.54) is 24.3 Å². The number of carbonyl (C=O) groups is 2. The first-order chi connectivity index (χ1) is 44.9. The predicted octanol–water partition coefficient (Wildman–Crippen LogP) is 14.2. The Bertz CT molecular complexity index is 4330. The van der Waals surface area contributed by atoms with Gasteiger partial charge in [-0.2, -0.15) is 43.9 Å². The number of hydrazine groups is 2. The third-order valence-corrected chi connectivity index (χ3v) is 20.7. The first-order valence-corrected chi connectivity index (χ1v) is 38.2. The number of rotatable bonds is 18. The van der Waals surface area contributed by atoms with Gasteiger partial charge in [-0.1, -0.05) is 125 Å². The summed E-state index contributed by atoms with van der Waals surface area (Å²) in [6.45, 7) is 18.7. The molecule has 10 rings (SSSR count). The molecule has 0 bridgehead atoms. The van der Waals surface area contributed by atoms with E-state index < -0.39 is 50.3 Å². The Morgan fingerprint density at radius 3 is 1.12 bits per heavy atom. The highest BCUT2D eigenvalue weighted by molar-refractivity contribution is 7.87. The molecule has 516 valence electrons. The third-order valence-electron chi connectivity index (χ3n) is 15.5. The number of carbonyl (C=O) groups excluding carboxylic acids is 2. The average molecular weight is 1480 g/mol. The molecular weight excluding hydrogens is 1400 g/mol. The Kier molecular flexibility index (Phi) is 24.3. The second-order valence-corrected chi connectivity index (χ2v) is 33.4. The van der Waals surface area contributed by atoms with Crippen LogP contribution in [-0.4, -0.2) is 122 Å². The van der Waals surface area contributed by atoms with Crippen LogP contribution in [0.25, 0.3) is 44.7 Å². The molecule has 2 aromatic heterocycles. The first-order valence-electron chi connectivity index (χ1n) is 30.6. The van der Waals surface area contributed by atoms with Gasteiger partial charge in [-0.15, -0.1) is 0 Å². The van der Waals surface area contributed by atoms with Crippen LogP contribution >= 0.6 is 46.4 Å². The maximum absolute atomic E-state index is 13.3. The number of nitrogens with one attached hydrogen (secondary N) is 2. The highest BCUT2D eigenvalue weighted by Gasteiger charge is 2.29. The van der Waals surface area contributed by atoms with E-state index in [1.54, 1.807) is 94.3 Å². The molecule has 30 heteroatoms. The molecule has 0 unspecified atom stereocenters. The molecule has 6 aromatic carbocycles. The van der Waals surface area contributed by atoms with Gasteiger partial charge in [-0.05, 0) is 160 Å². The number of hydrogen-bond acceptors (Lipinski definition) is 16. The molecule has 0 spiro atoms. The van der Waals surface area contributed by atoms with Crippen LogP contribution in [-0.2, 0) is 40.5 Å². The van der Waals surface area contributed by atoms with Crippen molar-refractivity contribution in [3.63, 3.8) is 0 Å². The zero-order chi connectivity index (χ0) is 70.3. The van der Waals surface area contributed by atoms with Gasteiger partial charge in [0.05, 0.1) is 44.3 Å². The summed E-state index contributed by atoms with van der Waals surface area (Å²) in [4.78, 5) is 25.7. The molecule has 4 heterocycles. The summed E-state index contributed by atoms with van der Waals surface area (Å²) in [5, 5.41) is 14.9. The van der Waals surface area contributed by atoms with Gasteiger partial charge in [0, 0.05) is 69.3 Å². The largest absolute Gasteiger partial charge is 0.382 e. The van der Waals surface area contributed by atoms with Crippen molar-refractivity contribution in [2.75, 3.05) is 37.7 Å². The molecule has 0 atom stereocenters. The minimum Gasteiger partial charge on any atom is -0.382 e. The molecule has 2 fully saturated rings. The molecule has 2 saturated heterocycles. The molecular formula is C66H76Cl4N8O14S4. The molecule has 2 aliphatic rings. The van der Waals surface area contributed by atoms with Gasteiger partial charge in [0.2, 0.25) is 0 Å². The second kappa shape index (κ2) is 31.0. The van der Waals surface area contributed by atoms with Crippen molar-refractivity contribution in [1.82, 2.24) is 40.4 Å². The number of hydrogen-bond donors (Lipinski definition) is 4. The number of nitrogens with zero attached hydrogens (tertiary/aromatic N) is 6. The van der Waals surface area contributed by atoms with Gasteiger partial charge in [0.25, 0.3) is 32.1 Å². The van der Waals surface area contributed by atoms with Crippen molar-refractivity contribution >= 4 is 109 Å². The van der Waals surface area contributed by atoms with Crippen LogP contribution in [0, 0.1) is 24.7 Å². The van der Waals surface area contributed by atoms with Crippen molar-refractivity contribution < 1.29 is 60.7 Å². The van der Waals surface area contributed by atoms with Crippen LogP contribution in [0.1, 0.15) is 125 Å². The topological polar surface area (TPSA) is 296 Å². The van der Waals surface area contributed by atoms with Crippen molar-refractivity contribution in [1.29, 1.82) is 0 Å². The highest BCUT2D eigenvalue weighted by Crippen LogP contribution is 2.37. The minimum atomic E-state index is -4.47. The normalized spacial score (nSPS) is 14.4. The fourth-order valence-corrected chi connectivity index (χ4v) is 15.5. The van der Waals surface area contributed by atoms with E-state index in [9.17, 15) is 43.3 Å². The maximum atomic E-state index is 13.3. The van der Waals surface area contributed by atoms with Crippen molar-refractivity contribution in [2.24, 2.45) is 10.8 Å². The highest BCUT2D eigenvalue weighted by atomic mass is 35.5. The van der Waals surface area contributed by atoms with E-state index in [0.29, 0.717) is 77.9 Å². The quantitative estimate of drug-likeness (QED) is 0.0458. The summed E-state index contributed by atoms with van der Waals surface area (Å²) in [6, 6.07) is 31.0. The van der Waals surface area contributed by atoms with E-state index in [0.717, 1.165) is 76.8 Å². The first kappa shape index (κ1) is 75.1. The monoisotopic (exact) mass is 1470 g/mol. The summed E-state index contributed by atoms with van der Waals surface area (Å²) in [7, 11) is -16.4. The zero-order valence-corrected chi connectivity index (χ0v) is 60.4. The SMILES string of the molecule is Cc1c(C(=O)NN2CCCCC2)nn(-c2ccc(Cl)cc2Cl)c1-c1ccc(OS(=O)(=O)CCC(C)(C)C)cc1.Cc1c(C(=O)NN2CCCCC2)nn(-c2ccc(Cl)cc2Cl)c1-c1ccc(OS(=O)(=O)CCC(C)(C)C)cc1.O=S(=O)(O)c1cccc2c(S(=O)(=O)O)cccc12. The molecule has 0 radical (unpaired) electrons. The molecule has 22 nitrogen and oxygen atoms in total. The molecule has 2 amide bonds. The lowest BCUT2D eigenvalue weighted by Crippen LogP contribution is -2.45. The summed E-state index contributed by atoms with van der Waals surface area (Å²) in [5.41, 5.74) is 11.4. The van der Waals surface area contributed by atoms with Crippen LogP contribution in [0.15, 0.2) is 131 Å². The molecule has 2 aliphatic heterocycles. The number of benzene rings is 6. The third kappa shape index (κ3) is 20.2. The Morgan fingerprint density at radius 2 is 0.823 bits per heavy atom. The van der Waals surface area contributed by atoms with E-state index in [-0.39, 0.29) is 67.8 Å². The second-order valence-electron chi connectivity index (χ2n) is 25.6. The maximum Gasteiger partial charge on any atom is 0.309 e. The number of fused-ring (bicyclic) bond motifs is 1. The average Bonchev–Trinajstić information content (AvgIpc) is 1.46. The standard InChI is InChI=1S/2C28H34Cl2N4O4S.C10H8O6S2/c2*1-19-25(27(35)32-33-15-6-5-7-16-33)31-34(24-13-10-21(29)18-23(24)30)26(19)20-8-11-22(12-9-20)38-39(36,37)17-14-28(2,3)4;11-17(12,13)9-5-1-3-7-8(9)4-2-6-10(7)18(14,15)16/h2*8-13,18H,5-7,14-17H2,1-4H3,(H,32,35);1-6H,(H,11,12,13)(H,14,15,16). The van der Waals surface area contributed by atoms with Crippen LogP contribution in [0.2, 0.25) is 20.1 Å². The lowest BCUT2D eigenvalue weighted by Gasteiger charge is -2.26. The van der Waals surface area contributed by atoms with Gasteiger partial charge in [-0.25, -0.2) is 19.4 Å². The number of halogens is 4. The van der Waals surface area contributed by atoms with E-state index >= 15 is 0 Å². The Hall–Kier alpha value is -6.66.